The summed E-state index contributed by atoms with van der Waals surface area (Å²) in [6, 6.07) is 1.37. The van der Waals surface area contributed by atoms with Crippen LogP contribution in [0.15, 0.2) is 29.3 Å². The van der Waals surface area contributed by atoms with E-state index in [4.69, 9.17) is 4.42 Å². The minimum atomic E-state index is -0.493. The molecule has 140 valence electrons. The number of carbonyl (C=O) groups is 2. The van der Waals surface area contributed by atoms with Crippen LogP contribution in [0.1, 0.15) is 31.2 Å². The van der Waals surface area contributed by atoms with E-state index in [0.717, 1.165) is 18.5 Å². The number of aryl methyl sites for hydroxylation is 1. The molecule has 2 amide bonds. The lowest BCUT2D eigenvalue weighted by Crippen LogP contribution is -2.56. The number of hydrogen-bond donors (Lipinski definition) is 2. The highest BCUT2D eigenvalue weighted by Crippen LogP contribution is 2.14. The molecule has 1 aliphatic heterocycles. The molecule has 1 unspecified atom stereocenters. The normalized spacial score (nSPS) is 17.9. The summed E-state index contributed by atoms with van der Waals surface area (Å²) in [7, 11) is 0. The van der Waals surface area contributed by atoms with E-state index in [0.29, 0.717) is 32.0 Å². The lowest BCUT2D eigenvalue weighted by atomic mass is 10.1. The Morgan fingerprint density at radius 1 is 1.50 bits per heavy atom. The Morgan fingerprint density at radius 2 is 2.38 bits per heavy atom. The van der Waals surface area contributed by atoms with Crippen LogP contribution in [-0.4, -0.2) is 50.6 Å². The van der Waals surface area contributed by atoms with E-state index in [9.17, 15) is 9.59 Å². The van der Waals surface area contributed by atoms with Crippen LogP contribution in [0, 0.1) is 0 Å². The molecular weight excluding hydrogens is 336 g/mol. The fourth-order valence-electron chi connectivity index (χ4n) is 3.06. The molecule has 0 spiro atoms. The number of amides is 2. The maximum absolute atomic E-state index is 12.4. The van der Waals surface area contributed by atoms with Crippen molar-refractivity contribution in [3.05, 3.63) is 36.3 Å². The lowest BCUT2D eigenvalue weighted by Gasteiger charge is -2.34. The zero-order valence-electron chi connectivity index (χ0n) is 14.9. The third-order valence-corrected chi connectivity index (χ3v) is 4.39. The van der Waals surface area contributed by atoms with E-state index < -0.39 is 6.04 Å². The maximum atomic E-state index is 12.4. The summed E-state index contributed by atoms with van der Waals surface area (Å²) in [6.07, 6.45) is 5.99. The Kier molecular flexibility index (Phi) is 6.00. The van der Waals surface area contributed by atoms with Gasteiger partial charge in [0.25, 0.3) is 0 Å². The molecule has 0 saturated carbocycles. The SMILES string of the molecule is CCCn1cnnc1CNC(=O)CC1C(=O)NCCN1Cc1ccoc1. The van der Waals surface area contributed by atoms with Gasteiger partial charge in [-0.05, 0) is 12.5 Å². The molecule has 3 rings (SSSR count). The molecule has 2 N–H and O–H groups in total. The lowest BCUT2D eigenvalue weighted by molar-refractivity contribution is -0.134. The van der Waals surface area contributed by atoms with Gasteiger partial charge in [-0.15, -0.1) is 10.2 Å². The van der Waals surface area contributed by atoms with Crippen LogP contribution in [0.3, 0.4) is 0 Å². The first kappa shape index (κ1) is 18.1. The van der Waals surface area contributed by atoms with E-state index in [1.807, 2.05) is 15.5 Å². The summed E-state index contributed by atoms with van der Waals surface area (Å²) in [6.45, 7) is 5.02. The van der Waals surface area contributed by atoms with Gasteiger partial charge < -0.3 is 19.6 Å². The van der Waals surface area contributed by atoms with Crippen LogP contribution in [-0.2, 0) is 29.2 Å². The van der Waals surface area contributed by atoms with Gasteiger partial charge in [0.1, 0.15) is 6.33 Å². The van der Waals surface area contributed by atoms with Gasteiger partial charge in [0, 0.05) is 31.7 Å². The van der Waals surface area contributed by atoms with Gasteiger partial charge in [-0.1, -0.05) is 6.92 Å². The number of nitrogens with one attached hydrogen (secondary N) is 2. The van der Waals surface area contributed by atoms with Gasteiger partial charge in [0.05, 0.1) is 31.5 Å². The van der Waals surface area contributed by atoms with Crippen molar-refractivity contribution in [2.75, 3.05) is 13.1 Å². The molecule has 0 bridgehead atoms. The molecular formula is C17H24N6O3. The molecule has 1 aliphatic rings. The van der Waals surface area contributed by atoms with Crippen LogP contribution in [0.2, 0.25) is 0 Å². The first-order valence-electron chi connectivity index (χ1n) is 8.83. The predicted molar refractivity (Wildman–Crippen MR) is 92.7 cm³/mol. The van der Waals surface area contributed by atoms with Gasteiger partial charge >= 0.3 is 0 Å². The van der Waals surface area contributed by atoms with E-state index in [1.54, 1.807) is 18.9 Å². The van der Waals surface area contributed by atoms with Crippen molar-refractivity contribution in [3.63, 3.8) is 0 Å². The fraction of sp³-hybridized carbons (Fsp3) is 0.529. The van der Waals surface area contributed by atoms with Crippen LogP contribution in [0.4, 0.5) is 0 Å². The summed E-state index contributed by atoms with van der Waals surface area (Å²) in [5.41, 5.74) is 0.984. The van der Waals surface area contributed by atoms with Crippen molar-refractivity contribution >= 4 is 11.8 Å². The molecule has 2 aromatic heterocycles. The third-order valence-electron chi connectivity index (χ3n) is 4.39. The number of piperazine rings is 1. The molecule has 0 aromatic carbocycles. The molecule has 26 heavy (non-hydrogen) atoms. The van der Waals surface area contributed by atoms with E-state index in [1.165, 1.54) is 0 Å². The Hall–Kier alpha value is -2.68. The molecule has 1 saturated heterocycles. The number of carbonyl (C=O) groups excluding carboxylic acids is 2. The van der Waals surface area contributed by atoms with Crippen molar-refractivity contribution in [2.45, 2.75) is 45.4 Å². The van der Waals surface area contributed by atoms with Gasteiger partial charge in [-0.25, -0.2) is 0 Å². The van der Waals surface area contributed by atoms with Gasteiger partial charge in [-0.2, -0.15) is 0 Å². The molecule has 0 aliphatic carbocycles. The largest absolute Gasteiger partial charge is 0.472 e. The zero-order chi connectivity index (χ0) is 18.4. The number of rotatable bonds is 8. The molecule has 1 atom stereocenters. The van der Waals surface area contributed by atoms with E-state index in [-0.39, 0.29) is 18.2 Å². The van der Waals surface area contributed by atoms with Crippen LogP contribution >= 0.6 is 0 Å². The summed E-state index contributed by atoms with van der Waals surface area (Å²) >= 11 is 0. The van der Waals surface area contributed by atoms with Gasteiger partial charge in [-0.3, -0.25) is 14.5 Å². The van der Waals surface area contributed by atoms with Crippen molar-refractivity contribution in [2.24, 2.45) is 0 Å². The standard InChI is InChI=1S/C17H24N6O3/c1-2-5-23-12-20-21-15(23)9-19-16(24)8-14-17(25)18-4-6-22(14)10-13-3-7-26-11-13/h3,7,11-12,14H,2,4-6,8-10H2,1H3,(H,18,25)(H,19,24). The average Bonchev–Trinajstić information content (AvgIpc) is 3.28. The molecule has 2 aromatic rings. The van der Waals surface area contributed by atoms with Crippen molar-refractivity contribution in [1.29, 1.82) is 0 Å². The molecule has 1 fully saturated rings. The zero-order valence-corrected chi connectivity index (χ0v) is 14.9. The fourth-order valence-corrected chi connectivity index (χ4v) is 3.06. The molecule has 9 heteroatoms. The second-order valence-corrected chi connectivity index (χ2v) is 6.33. The Balaban J connectivity index is 1.56. The number of aromatic nitrogens is 3. The summed E-state index contributed by atoms with van der Waals surface area (Å²) in [5.74, 6) is 0.405. The summed E-state index contributed by atoms with van der Waals surface area (Å²) in [5, 5.41) is 13.6. The van der Waals surface area contributed by atoms with Crippen molar-refractivity contribution < 1.29 is 14.0 Å². The van der Waals surface area contributed by atoms with Gasteiger partial charge in [0.2, 0.25) is 11.8 Å². The highest BCUT2D eigenvalue weighted by molar-refractivity contribution is 5.88. The molecule has 0 radical (unpaired) electrons. The monoisotopic (exact) mass is 360 g/mol. The topological polar surface area (TPSA) is 105 Å². The van der Waals surface area contributed by atoms with Gasteiger partial charge in [0.15, 0.2) is 5.82 Å². The average molecular weight is 360 g/mol. The predicted octanol–water partition coefficient (Wildman–Crippen LogP) is 0.288. The Labute approximate surface area is 151 Å². The van der Waals surface area contributed by atoms with Crippen molar-refractivity contribution in [3.8, 4) is 0 Å². The number of nitrogens with zero attached hydrogens (tertiary/aromatic N) is 4. The van der Waals surface area contributed by atoms with Crippen LogP contribution in [0.5, 0.6) is 0 Å². The maximum Gasteiger partial charge on any atom is 0.237 e. The molecule has 3 heterocycles. The van der Waals surface area contributed by atoms with Crippen molar-refractivity contribution in [1.82, 2.24) is 30.3 Å². The first-order chi connectivity index (χ1) is 12.7. The summed E-state index contributed by atoms with van der Waals surface area (Å²) < 4.78 is 7.00. The quantitative estimate of drug-likeness (QED) is 0.701. The highest BCUT2D eigenvalue weighted by atomic mass is 16.3. The third kappa shape index (κ3) is 4.48. The van der Waals surface area contributed by atoms with Crippen LogP contribution in [0.25, 0.3) is 0 Å². The van der Waals surface area contributed by atoms with E-state index in [2.05, 4.69) is 27.8 Å². The number of hydrogen-bond acceptors (Lipinski definition) is 6. The second kappa shape index (κ2) is 8.61. The second-order valence-electron chi connectivity index (χ2n) is 6.33. The highest BCUT2D eigenvalue weighted by Gasteiger charge is 2.31. The Bertz CT molecular complexity index is 727. The minimum Gasteiger partial charge on any atom is -0.472 e. The summed E-state index contributed by atoms with van der Waals surface area (Å²) in [4.78, 5) is 26.6. The smallest absolute Gasteiger partial charge is 0.237 e. The van der Waals surface area contributed by atoms with Crippen LogP contribution < -0.4 is 10.6 Å². The minimum absolute atomic E-state index is 0.103. The molecule has 9 nitrogen and oxygen atoms in total. The van der Waals surface area contributed by atoms with E-state index >= 15 is 0 Å². The first-order valence-corrected chi connectivity index (χ1v) is 8.83. The number of furan rings is 1. The Morgan fingerprint density at radius 3 is 3.15 bits per heavy atom.